The fourth-order valence-corrected chi connectivity index (χ4v) is 2.08. The molecule has 0 saturated heterocycles. The second kappa shape index (κ2) is 6.44. The van der Waals surface area contributed by atoms with Gasteiger partial charge in [0.1, 0.15) is 0 Å². The largest absolute Gasteiger partial charge is 0.324 e. The van der Waals surface area contributed by atoms with Crippen LogP contribution in [-0.4, -0.2) is 25.0 Å². The lowest BCUT2D eigenvalue weighted by molar-refractivity contribution is 0.215. The summed E-state index contributed by atoms with van der Waals surface area (Å²) in [5.41, 5.74) is 1.92. The van der Waals surface area contributed by atoms with Crippen molar-refractivity contribution in [1.29, 1.82) is 0 Å². The number of para-hydroxylation sites is 1. The van der Waals surface area contributed by atoms with Gasteiger partial charge in [0.25, 0.3) is 0 Å². The van der Waals surface area contributed by atoms with Crippen molar-refractivity contribution in [3.63, 3.8) is 0 Å². The number of benzene rings is 2. The lowest BCUT2D eigenvalue weighted by atomic mass is 10.2. The Morgan fingerprint density at radius 1 is 1.00 bits per heavy atom. The molecule has 2 aromatic carbocycles. The fourth-order valence-electron chi connectivity index (χ4n) is 1.95. The van der Waals surface area contributed by atoms with E-state index in [1.54, 1.807) is 23.9 Å². The normalized spacial score (nSPS) is 10.2. The minimum absolute atomic E-state index is 0.0499. The van der Waals surface area contributed by atoms with Gasteiger partial charge in [-0.05, 0) is 29.8 Å². The van der Waals surface area contributed by atoms with E-state index in [9.17, 15) is 4.79 Å². The number of nitrogens with zero attached hydrogens (tertiary/aromatic N) is 2. The Kier molecular flexibility index (Phi) is 4.64. The standard InChI is InChI=1S/C16H17ClN2O/c1-18(12-13-8-10-14(17)11-9-13)16(20)19(2)15-6-4-3-5-7-15/h3-11H,12H2,1-2H3. The van der Waals surface area contributed by atoms with Gasteiger partial charge in [-0.25, -0.2) is 4.79 Å². The van der Waals surface area contributed by atoms with Crippen LogP contribution in [0.15, 0.2) is 54.6 Å². The van der Waals surface area contributed by atoms with Gasteiger partial charge in [-0.1, -0.05) is 41.9 Å². The number of anilines is 1. The molecule has 0 aromatic heterocycles. The maximum absolute atomic E-state index is 12.3. The molecule has 3 nitrogen and oxygen atoms in total. The van der Waals surface area contributed by atoms with E-state index in [-0.39, 0.29) is 6.03 Å². The van der Waals surface area contributed by atoms with E-state index < -0.39 is 0 Å². The minimum Gasteiger partial charge on any atom is -0.323 e. The molecular weight excluding hydrogens is 272 g/mol. The maximum atomic E-state index is 12.3. The van der Waals surface area contributed by atoms with Crippen LogP contribution in [0.2, 0.25) is 5.02 Å². The quantitative estimate of drug-likeness (QED) is 0.836. The van der Waals surface area contributed by atoms with Gasteiger partial charge < -0.3 is 4.90 Å². The van der Waals surface area contributed by atoms with Crippen molar-refractivity contribution in [2.75, 3.05) is 19.0 Å². The van der Waals surface area contributed by atoms with Crippen LogP contribution in [0, 0.1) is 0 Å². The van der Waals surface area contributed by atoms with Crippen LogP contribution < -0.4 is 4.90 Å². The molecule has 0 aliphatic heterocycles. The zero-order valence-electron chi connectivity index (χ0n) is 11.6. The molecule has 20 heavy (non-hydrogen) atoms. The van der Waals surface area contributed by atoms with E-state index in [4.69, 9.17) is 11.6 Å². The number of urea groups is 1. The average molecular weight is 289 g/mol. The molecule has 0 fully saturated rings. The van der Waals surface area contributed by atoms with Crippen molar-refractivity contribution in [2.45, 2.75) is 6.54 Å². The van der Waals surface area contributed by atoms with Crippen molar-refractivity contribution >= 4 is 23.3 Å². The van der Waals surface area contributed by atoms with Gasteiger partial charge in [0, 0.05) is 31.4 Å². The molecule has 0 atom stereocenters. The van der Waals surface area contributed by atoms with Gasteiger partial charge in [-0.15, -0.1) is 0 Å². The number of hydrogen-bond donors (Lipinski definition) is 0. The Morgan fingerprint density at radius 2 is 1.60 bits per heavy atom. The van der Waals surface area contributed by atoms with Crippen LogP contribution >= 0.6 is 11.6 Å². The summed E-state index contributed by atoms with van der Waals surface area (Å²) >= 11 is 5.85. The molecule has 2 rings (SSSR count). The average Bonchev–Trinajstić information content (AvgIpc) is 2.49. The molecule has 4 heteroatoms. The summed E-state index contributed by atoms with van der Waals surface area (Å²) in [6.45, 7) is 0.549. The zero-order chi connectivity index (χ0) is 14.5. The summed E-state index contributed by atoms with van der Waals surface area (Å²) in [6, 6.07) is 17.0. The third-order valence-electron chi connectivity index (χ3n) is 3.09. The van der Waals surface area contributed by atoms with Crippen LogP contribution in [0.4, 0.5) is 10.5 Å². The summed E-state index contributed by atoms with van der Waals surface area (Å²) in [7, 11) is 3.56. The Morgan fingerprint density at radius 3 is 2.20 bits per heavy atom. The Hall–Kier alpha value is -2.00. The van der Waals surface area contributed by atoms with Gasteiger partial charge in [0.15, 0.2) is 0 Å². The first-order valence-electron chi connectivity index (χ1n) is 6.36. The van der Waals surface area contributed by atoms with Gasteiger partial charge in [0.2, 0.25) is 0 Å². The lowest BCUT2D eigenvalue weighted by Crippen LogP contribution is -2.38. The highest BCUT2D eigenvalue weighted by Gasteiger charge is 2.15. The molecule has 0 heterocycles. The highest BCUT2D eigenvalue weighted by molar-refractivity contribution is 6.30. The number of carbonyl (C=O) groups excluding carboxylic acids is 1. The number of rotatable bonds is 3. The topological polar surface area (TPSA) is 23.6 Å². The summed E-state index contributed by atoms with van der Waals surface area (Å²) in [4.78, 5) is 15.7. The van der Waals surface area contributed by atoms with Gasteiger partial charge >= 0.3 is 6.03 Å². The molecule has 0 radical (unpaired) electrons. The third kappa shape index (κ3) is 3.52. The molecule has 0 aliphatic rings. The maximum Gasteiger partial charge on any atom is 0.324 e. The minimum atomic E-state index is -0.0499. The Bertz CT molecular complexity index is 569. The molecule has 0 aliphatic carbocycles. The number of halogens is 1. The van der Waals surface area contributed by atoms with E-state index in [0.29, 0.717) is 11.6 Å². The number of carbonyl (C=O) groups is 1. The smallest absolute Gasteiger partial charge is 0.323 e. The van der Waals surface area contributed by atoms with E-state index in [1.165, 1.54) is 0 Å². The van der Waals surface area contributed by atoms with Crippen molar-refractivity contribution < 1.29 is 4.79 Å². The molecule has 0 N–H and O–H groups in total. The molecule has 0 bridgehead atoms. The van der Waals surface area contributed by atoms with Crippen LogP contribution in [0.5, 0.6) is 0 Å². The van der Waals surface area contributed by atoms with Crippen LogP contribution in [-0.2, 0) is 6.54 Å². The summed E-state index contributed by atoms with van der Waals surface area (Å²) in [6.07, 6.45) is 0. The molecule has 2 aromatic rings. The molecule has 0 spiro atoms. The van der Waals surface area contributed by atoms with E-state index in [0.717, 1.165) is 11.3 Å². The first-order valence-corrected chi connectivity index (χ1v) is 6.74. The monoisotopic (exact) mass is 288 g/mol. The Labute approximate surface area is 124 Å². The predicted octanol–water partition coefficient (Wildman–Crippen LogP) is 4.03. The SMILES string of the molecule is CN(Cc1ccc(Cl)cc1)C(=O)N(C)c1ccccc1. The van der Waals surface area contributed by atoms with Crippen LogP contribution in [0.25, 0.3) is 0 Å². The van der Waals surface area contributed by atoms with Crippen molar-refractivity contribution in [2.24, 2.45) is 0 Å². The lowest BCUT2D eigenvalue weighted by Gasteiger charge is -2.25. The predicted molar refractivity (Wildman–Crippen MR) is 83.2 cm³/mol. The highest BCUT2D eigenvalue weighted by atomic mass is 35.5. The highest BCUT2D eigenvalue weighted by Crippen LogP contribution is 2.15. The van der Waals surface area contributed by atoms with Crippen molar-refractivity contribution in [3.05, 3.63) is 65.2 Å². The van der Waals surface area contributed by atoms with Crippen LogP contribution in [0.3, 0.4) is 0 Å². The molecule has 104 valence electrons. The summed E-state index contributed by atoms with van der Waals surface area (Å²) in [5, 5.41) is 0.698. The molecule has 0 saturated carbocycles. The van der Waals surface area contributed by atoms with Gasteiger partial charge in [-0.2, -0.15) is 0 Å². The molecular formula is C16H17ClN2O. The van der Waals surface area contributed by atoms with Crippen molar-refractivity contribution in [3.8, 4) is 0 Å². The fraction of sp³-hybridized carbons (Fsp3) is 0.188. The van der Waals surface area contributed by atoms with E-state index in [1.807, 2.05) is 54.6 Å². The van der Waals surface area contributed by atoms with Crippen molar-refractivity contribution in [1.82, 2.24) is 4.90 Å². The number of amides is 2. The van der Waals surface area contributed by atoms with E-state index >= 15 is 0 Å². The second-order valence-corrected chi connectivity index (χ2v) is 5.10. The van der Waals surface area contributed by atoms with Crippen LogP contribution in [0.1, 0.15) is 5.56 Å². The molecule has 2 amide bonds. The van der Waals surface area contributed by atoms with E-state index in [2.05, 4.69) is 0 Å². The summed E-state index contributed by atoms with van der Waals surface area (Å²) < 4.78 is 0. The Balaban J connectivity index is 2.03. The third-order valence-corrected chi connectivity index (χ3v) is 3.34. The van der Waals surface area contributed by atoms with Gasteiger partial charge in [0.05, 0.1) is 0 Å². The summed E-state index contributed by atoms with van der Waals surface area (Å²) in [5.74, 6) is 0. The number of hydrogen-bond acceptors (Lipinski definition) is 1. The zero-order valence-corrected chi connectivity index (χ0v) is 12.3. The second-order valence-electron chi connectivity index (χ2n) is 4.66. The first-order chi connectivity index (χ1) is 9.58. The first kappa shape index (κ1) is 14.4. The molecule has 0 unspecified atom stereocenters. The van der Waals surface area contributed by atoms with Gasteiger partial charge in [-0.3, -0.25) is 4.90 Å².